The fourth-order valence-corrected chi connectivity index (χ4v) is 3.22. The second kappa shape index (κ2) is 10.6. The summed E-state index contributed by atoms with van der Waals surface area (Å²) in [5, 5.41) is 9.86. The molecule has 0 amide bonds. The van der Waals surface area contributed by atoms with Gasteiger partial charge in [-0.15, -0.1) is 35.3 Å². The van der Waals surface area contributed by atoms with Crippen LogP contribution in [-0.2, 0) is 12.8 Å². The highest BCUT2D eigenvalue weighted by atomic mass is 127. The lowest BCUT2D eigenvalue weighted by Gasteiger charge is -2.11. The van der Waals surface area contributed by atoms with E-state index in [0.29, 0.717) is 6.79 Å². The van der Waals surface area contributed by atoms with Crippen LogP contribution in [0.15, 0.2) is 28.6 Å². The monoisotopic (exact) mass is 488 g/mol. The number of hydrogen-bond acceptors (Lipinski definition) is 5. The second-order valence-electron chi connectivity index (χ2n) is 5.73. The standard InChI is InChI=1S/C18H24N4O2S.HI/c1-3-19-18(21-9-7-15-11-25-13(2)22-15)20-8-6-14-4-5-16-17(10-14)24-12-23-16;/h4-5,10-11H,3,6-9,12H2,1-2H3,(H2,19,20,21);1H. The molecule has 6 nitrogen and oxygen atoms in total. The van der Waals surface area contributed by atoms with Gasteiger partial charge in [0, 0.05) is 31.4 Å². The Morgan fingerprint density at radius 1 is 1.23 bits per heavy atom. The minimum absolute atomic E-state index is 0. The van der Waals surface area contributed by atoms with E-state index >= 15 is 0 Å². The van der Waals surface area contributed by atoms with E-state index in [0.717, 1.165) is 60.6 Å². The molecule has 0 radical (unpaired) electrons. The quantitative estimate of drug-likeness (QED) is 0.356. The van der Waals surface area contributed by atoms with Crippen molar-refractivity contribution in [1.82, 2.24) is 15.6 Å². The molecule has 0 fully saturated rings. The van der Waals surface area contributed by atoms with Crippen LogP contribution in [0.3, 0.4) is 0 Å². The Kier molecular flexibility index (Phi) is 8.43. The molecule has 1 aromatic heterocycles. The Balaban J connectivity index is 0.00000243. The number of aliphatic imine (C=N–C) groups is 1. The molecular weight excluding hydrogens is 463 g/mol. The molecule has 142 valence electrons. The number of hydrogen-bond donors (Lipinski definition) is 2. The third kappa shape index (κ3) is 6.01. The average Bonchev–Trinajstić information content (AvgIpc) is 3.23. The lowest BCUT2D eigenvalue weighted by Crippen LogP contribution is -2.38. The van der Waals surface area contributed by atoms with E-state index in [9.17, 15) is 0 Å². The van der Waals surface area contributed by atoms with Crippen molar-refractivity contribution in [2.75, 3.05) is 26.4 Å². The van der Waals surface area contributed by atoms with Crippen molar-refractivity contribution in [3.8, 4) is 11.5 Å². The Hall–Kier alpha value is -1.55. The summed E-state index contributed by atoms with van der Waals surface area (Å²) in [4.78, 5) is 9.09. The molecule has 8 heteroatoms. The van der Waals surface area contributed by atoms with Gasteiger partial charge in [-0.2, -0.15) is 0 Å². The summed E-state index contributed by atoms with van der Waals surface area (Å²) in [5.41, 5.74) is 2.33. The van der Waals surface area contributed by atoms with Crippen LogP contribution in [-0.4, -0.2) is 37.4 Å². The molecule has 0 saturated heterocycles. The summed E-state index contributed by atoms with van der Waals surface area (Å²) in [6.45, 7) is 6.78. The number of guanidine groups is 1. The van der Waals surface area contributed by atoms with Crippen molar-refractivity contribution in [2.45, 2.75) is 26.7 Å². The number of nitrogens with zero attached hydrogens (tertiary/aromatic N) is 2. The smallest absolute Gasteiger partial charge is 0.231 e. The first kappa shape index (κ1) is 20.8. The van der Waals surface area contributed by atoms with Gasteiger partial charge in [0.2, 0.25) is 6.79 Å². The van der Waals surface area contributed by atoms with Crippen molar-refractivity contribution in [3.63, 3.8) is 0 Å². The Bertz CT molecular complexity index is 736. The highest BCUT2D eigenvalue weighted by Crippen LogP contribution is 2.32. The zero-order chi connectivity index (χ0) is 17.5. The van der Waals surface area contributed by atoms with Crippen molar-refractivity contribution in [2.24, 2.45) is 4.99 Å². The van der Waals surface area contributed by atoms with Gasteiger partial charge in [-0.1, -0.05) is 6.07 Å². The molecule has 2 N–H and O–H groups in total. The third-order valence-electron chi connectivity index (χ3n) is 3.79. The highest BCUT2D eigenvalue weighted by Gasteiger charge is 2.12. The van der Waals surface area contributed by atoms with Crippen LogP contribution < -0.4 is 20.1 Å². The number of aryl methyl sites for hydroxylation is 1. The van der Waals surface area contributed by atoms with Crippen LogP contribution in [0.1, 0.15) is 23.2 Å². The number of fused-ring (bicyclic) bond motifs is 1. The summed E-state index contributed by atoms with van der Waals surface area (Å²) >= 11 is 1.68. The van der Waals surface area contributed by atoms with E-state index in [1.165, 1.54) is 5.56 Å². The minimum atomic E-state index is 0. The van der Waals surface area contributed by atoms with Gasteiger partial charge in [-0.05, 0) is 38.0 Å². The molecule has 0 atom stereocenters. The van der Waals surface area contributed by atoms with E-state index < -0.39 is 0 Å². The van der Waals surface area contributed by atoms with Crippen LogP contribution in [0.2, 0.25) is 0 Å². The molecule has 3 rings (SSSR count). The predicted molar refractivity (Wildman–Crippen MR) is 116 cm³/mol. The number of ether oxygens (including phenoxy) is 2. The lowest BCUT2D eigenvalue weighted by atomic mass is 10.1. The predicted octanol–water partition coefficient (Wildman–Crippen LogP) is 3.14. The first-order valence-electron chi connectivity index (χ1n) is 8.56. The largest absolute Gasteiger partial charge is 0.454 e. The van der Waals surface area contributed by atoms with Gasteiger partial charge >= 0.3 is 0 Å². The zero-order valence-corrected chi connectivity index (χ0v) is 18.2. The first-order chi connectivity index (χ1) is 12.2. The molecule has 0 saturated carbocycles. The number of benzene rings is 1. The normalized spacial score (nSPS) is 12.6. The van der Waals surface area contributed by atoms with Gasteiger partial charge in [0.15, 0.2) is 17.5 Å². The minimum Gasteiger partial charge on any atom is -0.454 e. The molecule has 1 aromatic carbocycles. The molecule has 0 bridgehead atoms. The van der Waals surface area contributed by atoms with E-state index in [-0.39, 0.29) is 24.0 Å². The van der Waals surface area contributed by atoms with Crippen molar-refractivity contribution < 1.29 is 9.47 Å². The summed E-state index contributed by atoms with van der Waals surface area (Å²) in [6, 6.07) is 6.08. The first-order valence-corrected chi connectivity index (χ1v) is 9.44. The number of thiazole rings is 1. The van der Waals surface area contributed by atoms with E-state index in [1.54, 1.807) is 11.3 Å². The fourth-order valence-electron chi connectivity index (χ4n) is 2.57. The maximum absolute atomic E-state index is 5.42. The van der Waals surface area contributed by atoms with Gasteiger partial charge < -0.3 is 20.1 Å². The molecule has 1 aliphatic heterocycles. The molecule has 0 aliphatic carbocycles. The lowest BCUT2D eigenvalue weighted by molar-refractivity contribution is 0.174. The SMILES string of the molecule is CCNC(=NCCc1csc(C)n1)NCCc1ccc2c(c1)OCO2.I. The van der Waals surface area contributed by atoms with E-state index in [1.807, 2.05) is 19.1 Å². The Labute approximate surface area is 175 Å². The fraction of sp³-hybridized carbons (Fsp3) is 0.444. The Morgan fingerprint density at radius 3 is 2.85 bits per heavy atom. The van der Waals surface area contributed by atoms with Gasteiger partial charge in [0.05, 0.1) is 10.7 Å². The molecule has 0 spiro atoms. The summed E-state index contributed by atoms with van der Waals surface area (Å²) in [7, 11) is 0. The van der Waals surface area contributed by atoms with Crippen molar-refractivity contribution in [1.29, 1.82) is 0 Å². The topological polar surface area (TPSA) is 67.8 Å². The molecule has 0 unspecified atom stereocenters. The molecule has 1 aliphatic rings. The van der Waals surface area contributed by atoms with E-state index in [4.69, 9.17) is 9.47 Å². The van der Waals surface area contributed by atoms with Crippen molar-refractivity contribution in [3.05, 3.63) is 39.8 Å². The molecule has 2 aromatic rings. The zero-order valence-electron chi connectivity index (χ0n) is 15.1. The van der Waals surface area contributed by atoms with Gasteiger partial charge in [-0.3, -0.25) is 4.99 Å². The van der Waals surface area contributed by atoms with Crippen LogP contribution in [0, 0.1) is 6.92 Å². The number of rotatable bonds is 7. The van der Waals surface area contributed by atoms with Crippen LogP contribution in [0.25, 0.3) is 0 Å². The summed E-state index contributed by atoms with van der Waals surface area (Å²) < 4.78 is 10.8. The Morgan fingerprint density at radius 2 is 2.08 bits per heavy atom. The molecule has 26 heavy (non-hydrogen) atoms. The third-order valence-corrected chi connectivity index (χ3v) is 4.61. The number of halogens is 1. The maximum atomic E-state index is 5.42. The molecular formula is C18H25IN4O2S. The van der Waals surface area contributed by atoms with Gasteiger partial charge in [0.1, 0.15) is 0 Å². The number of nitrogens with one attached hydrogen (secondary N) is 2. The maximum Gasteiger partial charge on any atom is 0.231 e. The van der Waals surface area contributed by atoms with Gasteiger partial charge in [0.25, 0.3) is 0 Å². The second-order valence-corrected chi connectivity index (χ2v) is 6.80. The van der Waals surface area contributed by atoms with Gasteiger partial charge in [-0.25, -0.2) is 4.98 Å². The summed E-state index contributed by atoms with van der Waals surface area (Å²) in [5.74, 6) is 2.50. The van der Waals surface area contributed by atoms with Crippen LogP contribution in [0.5, 0.6) is 11.5 Å². The number of aromatic nitrogens is 1. The van der Waals surface area contributed by atoms with Crippen molar-refractivity contribution >= 4 is 41.3 Å². The van der Waals surface area contributed by atoms with Crippen LogP contribution >= 0.6 is 35.3 Å². The van der Waals surface area contributed by atoms with E-state index in [2.05, 4.69) is 39.0 Å². The highest BCUT2D eigenvalue weighted by molar-refractivity contribution is 14.0. The van der Waals surface area contributed by atoms with Crippen LogP contribution in [0.4, 0.5) is 0 Å². The molecule has 2 heterocycles. The average molecular weight is 488 g/mol. The summed E-state index contributed by atoms with van der Waals surface area (Å²) in [6.07, 6.45) is 1.76.